The fourth-order valence-corrected chi connectivity index (χ4v) is 6.09. The Bertz CT molecular complexity index is 1760. The first kappa shape index (κ1) is 28.2. The normalized spacial score (nSPS) is 13.5. The van der Waals surface area contributed by atoms with Crippen molar-refractivity contribution < 1.29 is 27.1 Å². The number of nitrogens with one attached hydrogen (secondary N) is 2. The van der Waals surface area contributed by atoms with Gasteiger partial charge in [-0.25, -0.2) is 17.7 Å². The van der Waals surface area contributed by atoms with Crippen molar-refractivity contribution in [1.82, 2.24) is 0 Å². The largest absolute Gasteiger partial charge is 0.497 e. The summed E-state index contributed by atoms with van der Waals surface area (Å²) in [6.07, 6.45) is 0. The monoisotopic (exact) mass is 609 g/mol. The van der Waals surface area contributed by atoms with E-state index in [0.717, 1.165) is 16.7 Å². The zero-order valence-corrected chi connectivity index (χ0v) is 23.7. The maximum Gasteiger partial charge on any atom is 0.283 e. The molecule has 0 saturated heterocycles. The van der Waals surface area contributed by atoms with Gasteiger partial charge in [0.2, 0.25) is 0 Å². The van der Waals surface area contributed by atoms with Crippen LogP contribution < -0.4 is 19.7 Å². The average molecular weight is 610 g/mol. The first-order valence-corrected chi connectivity index (χ1v) is 14.7. The summed E-state index contributed by atoms with van der Waals surface area (Å²) >= 11 is 6.87. The molecular weight excluding hydrogens is 589 g/mol. The molecule has 0 saturated carbocycles. The SMILES string of the molecule is COc1ccc(N2C(=O)C(Nc3ccc(F)cc3)=C(Sc3cccc(NS(=O)(=O)c4ccc(Cl)cc4)c3)C2=O)cc1. The van der Waals surface area contributed by atoms with E-state index in [9.17, 15) is 22.4 Å². The van der Waals surface area contributed by atoms with Crippen molar-refractivity contribution in [3.63, 3.8) is 0 Å². The highest BCUT2D eigenvalue weighted by Gasteiger charge is 2.40. The van der Waals surface area contributed by atoms with Gasteiger partial charge in [0.05, 0.1) is 17.7 Å². The third-order valence-electron chi connectivity index (χ3n) is 5.92. The molecule has 0 fully saturated rings. The Labute approximate surface area is 244 Å². The molecular formula is C29H21ClFN3O5S2. The van der Waals surface area contributed by atoms with Crippen LogP contribution in [0.1, 0.15) is 0 Å². The second-order valence-electron chi connectivity index (χ2n) is 8.67. The Balaban J connectivity index is 1.47. The number of carbonyl (C=O) groups excluding carboxylic acids is 2. The number of thioether (sulfide) groups is 1. The first-order chi connectivity index (χ1) is 19.6. The molecule has 41 heavy (non-hydrogen) atoms. The summed E-state index contributed by atoms with van der Waals surface area (Å²) < 4.78 is 46.9. The van der Waals surface area contributed by atoms with Crippen LogP contribution in [0, 0.1) is 5.82 Å². The minimum atomic E-state index is -3.91. The zero-order chi connectivity index (χ0) is 29.1. The van der Waals surface area contributed by atoms with E-state index in [4.69, 9.17) is 16.3 Å². The molecule has 0 atom stereocenters. The van der Waals surface area contributed by atoms with Crippen LogP contribution in [-0.4, -0.2) is 27.3 Å². The maximum atomic E-state index is 13.6. The standard InChI is InChI=1S/C29H21ClFN3O5S2/c1-39-23-13-11-22(12-14-23)34-28(35)26(32-20-9-7-19(31)8-10-20)27(29(34)36)40-24-4-2-3-21(17-24)33-41(37,38)25-15-5-18(30)6-16-25/h2-17,32-33H,1H3. The van der Waals surface area contributed by atoms with Gasteiger partial charge in [0.1, 0.15) is 22.2 Å². The van der Waals surface area contributed by atoms with Crippen LogP contribution >= 0.6 is 23.4 Å². The Morgan fingerprint density at radius 3 is 2.20 bits per heavy atom. The number of hydrogen-bond donors (Lipinski definition) is 2. The van der Waals surface area contributed by atoms with Gasteiger partial charge in [-0.1, -0.05) is 29.4 Å². The van der Waals surface area contributed by atoms with Crippen LogP contribution in [0.2, 0.25) is 5.02 Å². The number of methoxy groups -OCH3 is 1. The molecule has 1 aliphatic rings. The topological polar surface area (TPSA) is 105 Å². The number of nitrogens with zero attached hydrogens (tertiary/aromatic N) is 1. The molecule has 0 radical (unpaired) electrons. The van der Waals surface area contributed by atoms with Gasteiger partial charge in [-0.05, 0) is 91.0 Å². The van der Waals surface area contributed by atoms with Gasteiger partial charge in [0.15, 0.2) is 0 Å². The van der Waals surface area contributed by atoms with Gasteiger partial charge in [-0.2, -0.15) is 0 Å². The highest BCUT2D eigenvalue weighted by Crippen LogP contribution is 2.39. The maximum absolute atomic E-state index is 13.6. The number of carbonyl (C=O) groups is 2. The molecule has 0 bridgehead atoms. The van der Waals surface area contributed by atoms with E-state index in [1.54, 1.807) is 48.5 Å². The second-order valence-corrected chi connectivity index (χ2v) is 11.9. The molecule has 12 heteroatoms. The third kappa shape index (κ3) is 6.22. The highest BCUT2D eigenvalue weighted by atomic mass is 35.5. The van der Waals surface area contributed by atoms with Crippen LogP contribution in [0.5, 0.6) is 5.75 Å². The quantitative estimate of drug-likeness (QED) is 0.215. The number of amides is 2. The van der Waals surface area contributed by atoms with Gasteiger partial charge in [0.25, 0.3) is 21.8 Å². The zero-order valence-electron chi connectivity index (χ0n) is 21.3. The van der Waals surface area contributed by atoms with E-state index in [1.165, 1.54) is 55.6 Å². The van der Waals surface area contributed by atoms with Crippen molar-refractivity contribution in [2.45, 2.75) is 9.79 Å². The lowest BCUT2D eigenvalue weighted by Gasteiger charge is -2.15. The molecule has 0 aromatic heterocycles. The Kier molecular flexibility index (Phi) is 8.02. The van der Waals surface area contributed by atoms with Crippen LogP contribution in [0.3, 0.4) is 0 Å². The van der Waals surface area contributed by atoms with Crippen molar-refractivity contribution >= 4 is 62.3 Å². The lowest BCUT2D eigenvalue weighted by Crippen LogP contribution is -2.32. The molecule has 1 aliphatic heterocycles. The summed E-state index contributed by atoms with van der Waals surface area (Å²) in [5.41, 5.74) is 0.984. The van der Waals surface area contributed by atoms with E-state index in [2.05, 4.69) is 10.0 Å². The Morgan fingerprint density at radius 1 is 0.854 bits per heavy atom. The number of hydrogen-bond acceptors (Lipinski definition) is 7. The molecule has 2 N–H and O–H groups in total. The van der Waals surface area contributed by atoms with Crippen LogP contribution in [0.25, 0.3) is 0 Å². The molecule has 0 unspecified atom stereocenters. The van der Waals surface area contributed by atoms with Crippen molar-refractivity contribution in [1.29, 1.82) is 0 Å². The predicted octanol–water partition coefficient (Wildman–Crippen LogP) is 6.28. The summed E-state index contributed by atoms with van der Waals surface area (Å²) in [4.78, 5) is 28.8. The number of ether oxygens (including phenoxy) is 1. The van der Waals surface area contributed by atoms with E-state index < -0.39 is 27.7 Å². The predicted molar refractivity (Wildman–Crippen MR) is 157 cm³/mol. The second kappa shape index (κ2) is 11.7. The minimum Gasteiger partial charge on any atom is -0.497 e. The molecule has 0 aliphatic carbocycles. The number of imide groups is 1. The lowest BCUT2D eigenvalue weighted by atomic mass is 10.2. The summed E-state index contributed by atoms with van der Waals surface area (Å²) in [6.45, 7) is 0. The van der Waals surface area contributed by atoms with Gasteiger partial charge in [-0.3, -0.25) is 14.3 Å². The van der Waals surface area contributed by atoms with E-state index in [-0.39, 0.29) is 21.2 Å². The van der Waals surface area contributed by atoms with Crippen molar-refractivity contribution in [2.75, 3.05) is 22.0 Å². The number of benzene rings is 4. The smallest absolute Gasteiger partial charge is 0.283 e. The number of halogens is 2. The number of anilines is 3. The van der Waals surface area contributed by atoms with E-state index in [0.29, 0.717) is 27.0 Å². The summed E-state index contributed by atoms with van der Waals surface area (Å²) in [7, 11) is -2.41. The van der Waals surface area contributed by atoms with Crippen LogP contribution in [0.15, 0.2) is 117 Å². The Hall–Kier alpha value is -4.32. The van der Waals surface area contributed by atoms with Crippen molar-refractivity contribution in [3.05, 3.63) is 119 Å². The van der Waals surface area contributed by atoms with E-state index >= 15 is 0 Å². The third-order valence-corrected chi connectivity index (χ3v) is 8.64. The van der Waals surface area contributed by atoms with Gasteiger partial charge >= 0.3 is 0 Å². The van der Waals surface area contributed by atoms with Crippen molar-refractivity contribution in [2.24, 2.45) is 0 Å². The summed E-state index contributed by atoms with van der Waals surface area (Å²) in [5, 5.41) is 3.36. The summed E-state index contributed by atoms with van der Waals surface area (Å²) in [6, 6.07) is 23.9. The van der Waals surface area contributed by atoms with Crippen LogP contribution in [-0.2, 0) is 19.6 Å². The van der Waals surface area contributed by atoms with Crippen LogP contribution in [0.4, 0.5) is 21.5 Å². The molecule has 4 aromatic rings. The lowest BCUT2D eigenvalue weighted by molar-refractivity contribution is -0.120. The molecule has 2 amide bonds. The molecule has 0 spiro atoms. The fourth-order valence-electron chi connectivity index (χ4n) is 3.93. The van der Waals surface area contributed by atoms with Gasteiger partial charge in [-0.15, -0.1) is 0 Å². The first-order valence-electron chi connectivity index (χ1n) is 12.0. The van der Waals surface area contributed by atoms with Gasteiger partial charge < -0.3 is 10.1 Å². The van der Waals surface area contributed by atoms with Gasteiger partial charge in [0, 0.05) is 21.3 Å². The Morgan fingerprint density at radius 2 is 1.54 bits per heavy atom. The molecule has 208 valence electrons. The highest BCUT2D eigenvalue weighted by molar-refractivity contribution is 8.04. The average Bonchev–Trinajstić information content (AvgIpc) is 3.18. The summed E-state index contributed by atoms with van der Waals surface area (Å²) in [5.74, 6) is -1.09. The fraction of sp³-hybridized carbons (Fsp3) is 0.0345. The number of rotatable bonds is 9. The van der Waals surface area contributed by atoms with E-state index in [1.807, 2.05) is 0 Å². The van der Waals surface area contributed by atoms with Crippen molar-refractivity contribution in [3.8, 4) is 5.75 Å². The molecule has 4 aromatic carbocycles. The number of sulfonamides is 1. The molecule has 1 heterocycles. The molecule has 5 rings (SSSR count). The minimum absolute atomic E-state index is 0.00502. The molecule has 8 nitrogen and oxygen atoms in total.